The van der Waals surface area contributed by atoms with Crippen LogP contribution in [0.5, 0.6) is 0 Å². The van der Waals surface area contributed by atoms with Crippen molar-refractivity contribution in [2.75, 3.05) is 33.2 Å². The molecular formula is C18H28ClN3O2S. The summed E-state index contributed by atoms with van der Waals surface area (Å²) in [4.78, 5) is 30.1. The molecule has 0 bridgehead atoms. The van der Waals surface area contributed by atoms with Gasteiger partial charge < -0.3 is 15.1 Å². The number of hydrogen-bond donors (Lipinski definition) is 1. The average Bonchev–Trinajstić information content (AvgIpc) is 3.12. The Balaban J connectivity index is 0.00000225. The molecule has 2 amide bonds. The normalized spacial score (nSPS) is 23.2. The molecule has 0 saturated carbocycles. The topological polar surface area (TPSA) is 52.7 Å². The van der Waals surface area contributed by atoms with Gasteiger partial charge in [-0.05, 0) is 43.7 Å². The number of likely N-dealkylation sites (N-methyl/N-ethyl adjacent to an activating group) is 1. The third-order valence-corrected chi connectivity index (χ3v) is 6.20. The molecule has 1 N–H and O–H groups in total. The Morgan fingerprint density at radius 3 is 2.96 bits per heavy atom. The number of rotatable bonds is 6. The molecule has 0 aromatic carbocycles. The smallest absolute Gasteiger partial charge is 0.222 e. The fourth-order valence-corrected chi connectivity index (χ4v) is 4.65. The van der Waals surface area contributed by atoms with Crippen molar-refractivity contribution in [3.05, 3.63) is 22.4 Å². The molecule has 3 rings (SSSR count). The lowest BCUT2D eigenvalue weighted by molar-refractivity contribution is -0.144. The molecule has 2 aliphatic rings. The maximum atomic E-state index is 12.5. The quantitative estimate of drug-likeness (QED) is 0.816. The first-order chi connectivity index (χ1) is 11.7. The summed E-state index contributed by atoms with van der Waals surface area (Å²) in [5.41, 5.74) is 0. The highest BCUT2D eigenvalue weighted by atomic mass is 35.5. The number of likely N-dealkylation sites (tertiary alicyclic amines) is 2. The zero-order valence-electron chi connectivity index (χ0n) is 14.8. The largest absolute Gasteiger partial charge is 0.342 e. The molecule has 7 heteroatoms. The number of amides is 2. The lowest BCUT2D eigenvalue weighted by Gasteiger charge is -2.47. The van der Waals surface area contributed by atoms with Gasteiger partial charge in [0.25, 0.3) is 0 Å². The first kappa shape index (κ1) is 20.2. The molecule has 2 aliphatic heterocycles. The van der Waals surface area contributed by atoms with E-state index in [1.807, 2.05) is 18.0 Å². The van der Waals surface area contributed by atoms with Crippen molar-refractivity contribution in [3.8, 4) is 0 Å². The molecule has 2 atom stereocenters. The fourth-order valence-electron chi connectivity index (χ4n) is 3.94. The number of halogens is 1. The molecule has 2 fully saturated rings. The molecule has 140 valence electrons. The third kappa shape index (κ3) is 4.96. The maximum absolute atomic E-state index is 12.5. The number of fused-ring (bicyclic) bond motifs is 1. The van der Waals surface area contributed by atoms with E-state index in [9.17, 15) is 9.59 Å². The number of hydrogen-bond acceptors (Lipinski definition) is 4. The molecule has 2 saturated heterocycles. The summed E-state index contributed by atoms with van der Waals surface area (Å²) in [6.45, 7) is 3.21. The fraction of sp³-hybridized carbons (Fsp3) is 0.667. The predicted molar refractivity (Wildman–Crippen MR) is 103 cm³/mol. The van der Waals surface area contributed by atoms with E-state index in [1.54, 1.807) is 11.3 Å². The van der Waals surface area contributed by atoms with Crippen LogP contribution in [-0.2, 0) is 16.0 Å². The number of nitrogens with zero attached hydrogens (tertiary/aromatic N) is 2. The van der Waals surface area contributed by atoms with Crippen molar-refractivity contribution in [1.29, 1.82) is 0 Å². The predicted octanol–water partition coefficient (Wildman–Crippen LogP) is 2.16. The Morgan fingerprint density at radius 2 is 2.24 bits per heavy atom. The summed E-state index contributed by atoms with van der Waals surface area (Å²) in [6, 6.07) is 4.45. The lowest BCUT2D eigenvalue weighted by atomic mass is 9.83. The van der Waals surface area contributed by atoms with Crippen LogP contribution in [0.15, 0.2) is 17.5 Å². The van der Waals surface area contributed by atoms with Gasteiger partial charge in [-0.1, -0.05) is 6.07 Å². The summed E-state index contributed by atoms with van der Waals surface area (Å²) >= 11 is 1.72. The Morgan fingerprint density at radius 1 is 1.40 bits per heavy atom. The van der Waals surface area contributed by atoms with Crippen molar-refractivity contribution in [2.24, 2.45) is 5.92 Å². The number of carbonyl (C=O) groups is 2. The Hall–Kier alpha value is -1.11. The molecule has 0 aliphatic carbocycles. The first-order valence-electron chi connectivity index (χ1n) is 8.93. The second kappa shape index (κ2) is 9.55. The van der Waals surface area contributed by atoms with Crippen LogP contribution < -0.4 is 5.32 Å². The molecule has 0 radical (unpaired) electrons. The van der Waals surface area contributed by atoms with Gasteiger partial charge in [0.1, 0.15) is 0 Å². The van der Waals surface area contributed by atoms with E-state index in [0.29, 0.717) is 24.8 Å². The summed E-state index contributed by atoms with van der Waals surface area (Å²) in [7, 11) is 1.92. The van der Waals surface area contributed by atoms with Crippen LogP contribution >= 0.6 is 23.7 Å². The lowest BCUT2D eigenvalue weighted by Crippen LogP contribution is -2.57. The summed E-state index contributed by atoms with van der Waals surface area (Å²) in [5, 5.41) is 5.19. The third-order valence-electron chi connectivity index (χ3n) is 5.26. The van der Waals surface area contributed by atoms with E-state index in [2.05, 4.69) is 21.7 Å². The van der Waals surface area contributed by atoms with Gasteiger partial charge in [-0.2, -0.15) is 0 Å². The van der Waals surface area contributed by atoms with Gasteiger partial charge in [0.15, 0.2) is 0 Å². The van der Waals surface area contributed by atoms with Crippen molar-refractivity contribution in [2.45, 2.75) is 38.1 Å². The van der Waals surface area contributed by atoms with Gasteiger partial charge in [-0.3, -0.25) is 9.59 Å². The van der Waals surface area contributed by atoms with Gasteiger partial charge in [-0.25, -0.2) is 0 Å². The standard InChI is InChI=1S/C18H27N3O2S.ClH/c1-19-9-11-21-16-8-10-20(13-14(16)4-6-18(21)23)17(22)7-5-15-3-2-12-24-15;/h2-3,12,14,16,19H,4-11,13H2,1H3;1H/t14-,16+;/m0./s1. The zero-order valence-corrected chi connectivity index (χ0v) is 16.4. The van der Waals surface area contributed by atoms with Crippen LogP contribution in [-0.4, -0.2) is 60.9 Å². The monoisotopic (exact) mass is 385 g/mol. The Labute approximate surface area is 160 Å². The second-order valence-electron chi connectivity index (χ2n) is 6.76. The van der Waals surface area contributed by atoms with Crippen molar-refractivity contribution in [1.82, 2.24) is 15.1 Å². The summed E-state index contributed by atoms with van der Waals surface area (Å²) in [6.07, 6.45) is 3.91. The number of thiophene rings is 1. The molecule has 1 aromatic rings. The minimum atomic E-state index is 0. The minimum absolute atomic E-state index is 0. The van der Waals surface area contributed by atoms with E-state index in [0.717, 1.165) is 45.4 Å². The van der Waals surface area contributed by atoms with Crippen LogP contribution in [0.2, 0.25) is 0 Å². The molecule has 3 heterocycles. The van der Waals surface area contributed by atoms with Crippen LogP contribution in [0, 0.1) is 5.92 Å². The number of aryl methyl sites for hydroxylation is 1. The van der Waals surface area contributed by atoms with E-state index >= 15 is 0 Å². The Kier molecular flexibility index (Phi) is 7.72. The van der Waals surface area contributed by atoms with Gasteiger partial charge >= 0.3 is 0 Å². The average molecular weight is 386 g/mol. The highest BCUT2D eigenvalue weighted by Gasteiger charge is 2.39. The zero-order chi connectivity index (χ0) is 16.9. The van der Waals surface area contributed by atoms with E-state index in [1.165, 1.54) is 4.88 Å². The van der Waals surface area contributed by atoms with Gasteiger partial charge in [0.05, 0.1) is 0 Å². The molecular weight excluding hydrogens is 358 g/mol. The van der Waals surface area contributed by atoms with E-state index < -0.39 is 0 Å². The Bertz CT molecular complexity index is 567. The summed E-state index contributed by atoms with van der Waals surface area (Å²) < 4.78 is 0. The van der Waals surface area contributed by atoms with Crippen molar-refractivity contribution >= 4 is 35.6 Å². The maximum Gasteiger partial charge on any atom is 0.222 e. The molecule has 25 heavy (non-hydrogen) atoms. The van der Waals surface area contributed by atoms with Crippen LogP contribution in [0.1, 0.15) is 30.6 Å². The van der Waals surface area contributed by atoms with Gasteiger partial charge in [0.2, 0.25) is 11.8 Å². The number of piperidine rings is 2. The number of nitrogens with one attached hydrogen (secondary N) is 1. The van der Waals surface area contributed by atoms with E-state index in [-0.39, 0.29) is 24.2 Å². The van der Waals surface area contributed by atoms with Gasteiger partial charge in [0, 0.05) is 49.9 Å². The first-order valence-corrected chi connectivity index (χ1v) is 9.81. The second-order valence-corrected chi connectivity index (χ2v) is 7.80. The van der Waals surface area contributed by atoms with Crippen LogP contribution in [0.3, 0.4) is 0 Å². The highest BCUT2D eigenvalue weighted by Crippen LogP contribution is 2.31. The van der Waals surface area contributed by atoms with E-state index in [4.69, 9.17) is 0 Å². The molecule has 0 unspecified atom stereocenters. The van der Waals surface area contributed by atoms with Gasteiger partial charge in [-0.15, -0.1) is 23.7 Å². The SMILES string of the molecule is CNCCN1C(=O)CC[C@H]2CN(C(=O)CCc3cccs3)CC[C@H]21.Cl. The summed E-state index contributed by atoms with van der Waals surface area (Å²) in [5.74, 6) is 0.989. The molecule has 5 nitrogen and oxygen atoms in total. The van der Waals surface area contributed by atoms with Crippen LogP contribution in [0.25, 0.3) is 0 Å². The van der Waals surface area contributed by atoms with Crippen LogP contribution in [0.4, 0.5) is 0 Å². The highest BCUT2D eigenvalue weighted by molar-refractivity contribution is 7.09. The van der Waals surface area contributed by atoms with Crippen molar-refractivity contribution in [3.63, 3.8) is 0 Å². The number of carbonyl (C=O) groups excluding carboxylic acids is 2. The minimum Gasteiger partial charge on any atom is -0.342 e. The molecule has 0 spiro atoms. The molecule has 1 aromatic heterocycles. The van der Waals surface area contributed by atoms with Crippen molar-refractivity contribution < 1.29 is 9.59 Å².